The van der Waals surface area contributed by atoms with E-state index in [2.05, 4.69) is 9.57 Å². The molecule has 4 aliphatic heterocycles. The van der Waals surface area contributed by atoms with Crippen molar-refractivity contribution in [3.05, 3.63) is 12.3 Å². The zero-order valence-corrected chi connectivity index (χ0v) is 17.8. The standard InChI is InChI=1S/C20H27N6O5/c1-14(27)23-5-7-24(8-6-23)15-3-4-21-18-17(15)19(29)26(20(30)22(18)2)13-16(28)25-9-11-31-12-10-25/h3-4,17H,5-13H2,1-2H3/q+1. The van der Waals surface area contributed by atoms with Gasteiger partial charge in [0.1, 0.15) is 12.4 Å². The second kappa shape index (κ2) is 8.58. The first-order valence-electron chi connectivity index (χ1n) is 10.4. The Morgan fingerprint density at radius 3 is 2.45 bits per heavy atom. The summed E-state index contributed by atoms with van der Waals surface area (Å²) < 4.78 is 7.32. The van der Waals surface area contributed by atoms with Gasteiger partial charge in [-0.05, 0) is 0 Å². The smallest absolute Gasteiger partial charge is 0.332 e. The zero-order valence-electron chi connectivity index (χ0n) is 17.8. The minimum atomic E-state index is -0.755. The fourth-order valence-electron chi connectivity index (χ4n) is 4.30. The number of aliphatic imine (C=N–C) groups is 1. The number of carbonyl (C=O) groups is 4. The summed E-state index contributed by atoms with van der Waals surface area (Å²) >= 11 is 0. The highest BCUT2D eigenvalue weighted by Crippen LogP contribution is 2.23. The van der Waals surface area contributed by atoms with Gasteiger partial charge in [0, 0.05) is 39.3 Å². The monoisotopic (exact) mass is 431 g/mol. The van der Waals surface area contributed by atoms with E-state index in [-0.39, 0.29) is 18.4 Å². The number of imide groups is 1. The van der Waals surface area contributed by atoms with Crippen molar-refractivity contribution in [2.24, 2.45) is 10.9 Å². The molecule has 1 unspecified atom stereocenters. The Balaban J connectivity index is 1.57. The number of hydrogen-bond donors (Lipinski definition) is 0. The van der Waals surface area contributed by atoms with Crippen LogP contribution in [0.15, 0.2) is 17.3 Å². The van der Waals surface area contributed by atoms with Crippen molar-refractivity contribution < 1.29 is 28.5 Å². The number of amides is 5. The van der Waals surface area contributed by atoms with Gasteiger partial charge in [0.05, 0.1) is 26.3 Å². The van der Waals surface area contributed by atoms with Gasteiger partial charge in [-0.2, -0.15) is 0 Å². The number of fused-ring (bicyclic) bond motifs is 1. The molecule has 4 heterocycles. The lowest BCUT2D eigenvalue weighted by Crippen LogP contribution is -2.63. The molecule has 3 saturated heterocycles. The molecule has 4 rings (SSSR count). The molecule has 0 aromatic rings. The highest BCUT2D eigenvalue weighted by Gasteiger charge is 2.49. The first-order valence-corrected chi connectivity index (χ1v) is 10.4. The van der Waals surface area contributed by atoms with E-state index in [0.29, 0.717) is 58.3 Å². The van der Waals surface area contributed by atoms with Crippen molar-refractivity contribution in [1.82, 2.24) is 19.6 Å². The van der Waals surface area contributed by atoms with E-state index >= 15 is 0 Å². The molecule has 0 N–H and O–H groups in total. The number of rotatable bonds is 2. The van der Waals surface area contributed by atoms with Gasteiger partial charge in [0.25, 0.3) is 5.91 Å². The number of hydrogen-bond acceptors (Lipinski definition) is 6. The highest BCUT2D eigenvalue weighted by molar-refractivity contribution is 6.31. The number of amidine groups is 1. The van der Waals surface area contributed by atoms with Crippen LogP contribution in [-0.2, 0) is 19.1 Å². The van der Waals surface area contributed by atoms with Gasteiger partial charge >= 0.3 is 6.03 Å². The Hall–Kier alpha value is -3.08. The molecule has 0 aliphatic carbocycles. The normalized spacial score (nSPS) is 24.5. The number of morpholine rings is 1. The third-order valence-corrected chi connectivity index (χ3v) is 6.13. The lowest BCUT2D eigenvalue weighted by Gasteiger charge is -2.38. The second-order valence-electron chi connectivity index (χ2n) is 7.91. The van der Waals surface area contributed by atoms with E-state index < -0.39 is 17.9 Å². The first-order chi connectivity index (χ1) is 14.9. The van der Waals surface area contributed by atoms with Crippen molar-refractivity contribution in [1.29, 1.82) is 0 Å². The zero-order chi connectivity index (χ0) is 22.1. The van der Waals surface area contributed by atoms with Crippen LogP contribution in [-0.4, -0.2) is 126 Å². The van der Waals surface area contributed by atoms with Crippen LogP contribution in [0.1, 0.15) is 6.92 Å². The highest BCUT2D eigenvalue weighted by atomic mass is 16.5. The summed E-state index contributed by atoms with van der Waals surface area (Å²) in [5.41, 5.74) is 0.737. The molecule has 0 saturated carbocycles. The third-order valence-electron chi connectivity index (χ3n) is 6.13. The fourth-order valence-corrected chi connectivity index (χ4v) is 4.30. The molecule has 166 valence electrons. The lowest BCUT2D eigenvalue weighted by atomic mass is 9.94. The van der Waals surface area contributed by atoms with Crippen molar-refractivity contribution in [2.45, 2.75) is 6.92 Å². The number of piperazine rings is 1. The molecule has 4 aliphatic rings. The molecule has 5 amide bonds. The first kappa shape index (κ1) is 21.2. The molecule has 3 fully saturated rings. The molecule has 31 heavy (non-hydrogen) atoms. The largest absolute Gasteiger partial charge is 0.378 e. The van der Waals surface area contributed by atoms with Crippen LogP contribution in [0.3, 0.4) is 0 Å². The second-order valence-corrected chi connectivity index (χ2v) is 7.91. The van der Waals surface area contributed by atoms with E-state index in [9.17, 15) is 19.2 Å². The Labute approximate surface area is 180 Å². The Morgan fingerprint density at radius 1 is 1.13 bits per heavy atom. The number of urea groups is 1. The van der Waals surface area contributed by atoms with Crippen LogP contribution in [0.4, 0.5) is 4.79 Å². The molecule has 0 aromatic heterocycles. The average molecular weight is 431 g/mol. The van der Waals surface area contributed by atoms with E-state index in [1.54, 1.807) is 36.0 Å². The van der Waals surface area contributed by atoms with Crippen LogP contribution < -0.4 is 0 Å². The van der Waals surface area contributed by atoms with Crippen LogP contribution in [0, 0.1) is 5.92 Å². The van der Waals surface area contributed by atoms with Gasteiger partial charge < -0.3 is 14.5 Å². The summed E-state index contributed by atoms with van der Waals surface area (Å²) in [6.07, 6.45) is 3.37. The maximum atomic E-state index is 13.4. The molecule has 11 heteroatoms. The predicted molar refractivity (Wildman–Crippen MR) is 110 cm³/mol. The van der Waals surface area contributed by atoms with E-state index in [1.807, 2.05) is 0 Å². The molecule has 1 atom stereocenters. The summed E-state index contributed by atoms with van der Waals surface area (Å²) in [4.78, 5) is 60.7. The summed E-state index contributed by atoms with van der Waals surface area (Å²) in [6.45, 7) is 5.32. The number of nitrogens with zero attached hydrogens (tertiary/aromatic N) is 6. The van der Waals surface area contributed by atoms with Crippen LogP contribution in [0.25, 0.3) is 0 Å². The van der Waals surface area contributed by atoms with Gasteiger partial charge in [-0.3, -0.25) is 24.2 Å². The van der Waals surface area contributed by atoms with Gasteiger partial charge in [0.2, 0.25) is 11.8 Å². The van der Waals surface area contributed by atoms with E-state index in [1.165, 1.54) is 4.90 Å². The quantitative estimate of drug-likeness (QED) is 0.500. The van der Waals surface area contributed by atoms with Crippen LogP contribution in [0.5, 0.6) is 0 Å². The summed E-state index contributed by atoms with van der Waals surface area (Å²) in [6, 6.07) is -0.558. The van der Waals surface area contributed by atoms with E-state index in [4.69, 9.17) is 4.74 Å². The van der Waals surface area contributed by atoms with Crippen molar-refractivity contribution in [3.8, 4) is 0 Å². The van der Waals surface area contributed by atoms with Crippen molar-refractivity contribution in [2.75, 3.05) is 66.1 Å². The number of allylic oxidation sites excluding steroid dienone is 1. The maximum absolute atomic E-state index is 13.4. The fraction of sp³-hybridized carbons (Fsp3) is 0.600. The van der Waals surface area contributed by atoms with Crippen molar-refractivity contribution in [3.63, 3.8) is 0 Å². The van der Waals surface area contributed by atoms with Gasteiger partial charge in [-0.1, -0.05) is 0 Å². The molecular weight excluding hydrogens is 404 g/mol. The topological polar surface area (TPSA) is 106 Å². The number of carbonyl (C=O) groups excluding carboxylic acids is 4. The van der Waals surface area contributed by atoms with Gasteiger partial charge in [0.15, 0.2) is 24.7 Å². The summed E-state index contributed by atoms with van der Waals surface area (Å²) in [7, 11) is 1.57. The van der Waals surface area contributed by atoms with Crippen molar-refractivity contribution >= 4 is 35.3 Å². The Bertz CT molecular complexity index is 894. The number of ether oxygens (including phenoxy) is 1. The minimum absolute atomic E-state index is 0.0259. The molecule has 0 spiro atoms. The van der Waals surface area contributed by atoms with Gasteiger partial charge in [-0.25, -0.2) is 14.4 Å². The molecule has 0 radical (unpaired) electrons. The summed E-state index contributed by atoms with van der Waals surface area (Å²) in [5, 5.41) is 0. The maximum Gasteiger partial charge on any atom is 0.332 e. The van der Waals surface area contributed by atoms with E-state index in [0.717, 1.165) is 10.6 Å². The molecule has 11 nitrogen and oxygen atoms in total. The molecule has 0 bridgehead atoms. The lowest BCUT2D eigenvalue weighted by molar-refractivity contribution is -0.538. The van der Waals surface area contributed by atoms with Crippen LogP contribution in [0.2, 0.25) is 0 Å². The predicted octanol–water partition coefficient (Wildman–Crippen LogP) is -1.40. The minimum Gasteiger partial charge on any atom is -0.378 e. The average Bonchev–Trinajstić information content (AvgIpc) is 2.80. The molecule has 0 aromatic carbocycles. The van der Waals surface area contributed by atoms with Crippen LogP contribution >= 0.6 is 0 Å². The Morgan fingerprint density at radius 2 is 1.81 bits per heavy atom. The molecular formula is C20H27N6O5+. The SMILES string of the molecule is CC(=O)N1CC[N+](=C2C=CN=C3C2C(=O)N(CC(=O)N2CCOCC2)C(=O)N3C)CC1. The van der Waals surface area contributed by atoms with Gasteiger partial charge in [-0.15, -0.1) is 0 Å². The summed E-state index contributed by atoms with van der Waals surface area (Å²) in [5.74, 6) is -1.10. The Kier molecular flexibility index (Phi) is 5.86. The third kappa shape index (κ3) is 3.97.